The number of hydrogen-bond acceptors (Lipinski definition) is 2. The summed E-state index contributed by atoms with van der Waals surface area (Å²) in [5, 5.41) is 3.24. The number of benzene rings is 2. The zero-order chi connectivity index (χ0) is 13.0. The lowest BCUT2D eigenvalue weighted by atomic mass is 10.1. The van der Waals surface area contributed by atoms with Crippen LogP contribution in [-0.4, -0.2) is 0 Å². The molecule has 2 aromatic rings. The van der Waals surface area contributed by atoms with Crippen molar-refractivity contribution in [2.24, 2.45) is 0 Å². The Kier molecular flexibility index (Phi) is 3.63. The van der Waals surface area contributed by atoms with E-state index in [1.165, 1.54) is 12.1 Å². The van der Waals surface area contributed by atoms with Crippen LogP contribution in [0.3, 0.4) is 0 Å². The Morgan fingerprint density at radius 1 is 1.22 bits per heavy atom. The Bertz CT molecular complexity index is 564. The van der Waals surface area contributed by atoms with Gasteiger partial charge in [-0.05, 0) is 41.5 Å². The summed E-state index contributed by atoms with van der Waals surface area (Å²) in [6.07, 6.45) is 1.74. The summed E-state index contributed by atoms with van der Waals surface area (Å²) in [5.74, 6) is -0.226. The molecular weight excluding hydrogens is 227 g/mol. The summed E-state index contributed by atoms with van der Waals surface area (Å²) in [6.45, 7) is 4.30. The Labute approximate surface area is 106 Å². The van der Waals surface area contributed by atoms with Gasteiger partial charge in [-0.2, -0.15) is 0 Å². The van der Waals surface area contributed by atoms with Gasteiger partial charge >= 0.3 is 0 Å². The van der Waals surface area contributed by atoms with E-state index in [9.17, 15) is 4.39 Å². The van der Waals surface area contributed by atoms with Crippen LogP contribution < -0.4 is 11.1 Å². The highest BCUT2D eigenvalue weighted by molar-refractivity contribution is 5.69. The molecule has 0 aliphatic heterocycles. The molecule has 0 aromatic heterocycles. The van der Waals surface area contributed by atoms with Crippen molar-refractivity contribution in [1.29, 1.82) is 0 Å². The first-order valence-corrected chi connectivity index (χ1v) is 5.69. The molecule has 0 heterocycles. The molecule has 0 radical (unpaired) electrons. The average molecular weight is 242 g/mol. The molecule has 18 heavy (non-hydrogen) atoms. The molecule has 3 N–H and O–H groups in total. The van der Waals surface area contributed by atoms with Crippen molar-refractivity contribution in [3.63, 3.8) is 0 Å². The van der Waals surface area contributed by atoms with Gasteiger partial charge in [-0.15, -0.1) is 0 Å². The van der Waals surface area contributed by atoms with Gasteiger partial charge in [0.2, 0.25) is 0 Å². The average Bonchev–Trinajstić information content (AvgIpc) is 2.37. The molecule has 0 saturated carbocycles. The molecule has 0 fully saturated rings. The molecule has 0 unspecified atom stereocenters. The first kappa shape index (κ1) is 12.2. The third-order valence-corrected chi connectivity index (χ3v) is 2.67. The Morgan fingerprint density at radius 2 is 2.06 bits per heavy atom. The second-order valence-corrected chi connectivity index (χ2v) is 4.03. The van der Waals surface area contributed by atoms with Crippen LogP contribution in [-0.2, 0) is 6.54 Å². The predicted molar refractivity (Wildman–Crippen MR) is 74.7 cm³/mol. The molecule has 3 heteroatoms. The minimum atomic E-state index is -0.226. The van der Waals surface area contributed by atoms with E-state index >= 15 is 0 Å². The fraction of sp³-hybridized carbons (Fsp3) is 0.0667. The molecule has 0 atom stereocenters. The van der Waals surface area contributed by atoms with E-state index in [1.807, 2.05) is 24.3 Å². The van der Waals surface area contributed by atoms with Gasteiger partial charge < -0.3 is 11.1 Å². The SMILES string of the molecule is C=Cc1cc(N)ccc1NCc1cccc(F)c1. The molecule has 0 amide bonds. The number of hydrogen-bond donors (Lipinski definition) is 2. The number of rotatable bonds is 4. The number of nitrogen functional groups attached to an aromatic ring is 1. The molecule has 0 bridgehead atoms. The van der Waals surface area contributed by atoms with Crippen LogP contribution in [0.2, 0.25) is 0 Å². The van der Waals surface area contributed by atoms with Crippen molar-refractivity contribution in [3.8, 4) is 0 Å². The van der Waals surface area contributed by atoms with Crippen LogP contribution >= 0.6 is 0 Å². The standard InChI is InChI=1S/C15H15FN2/c1-2-12-9-14(17)6-7-15(12)18-10-11-4-3-5-13(16)8-11/h2-9,18H,1,10,17H2. The van der Waals surface area contributed by atoms with Crippen molar-refractivity contribution in [2.75, 3.05) is 11.1 Å². The molecule has 0 saturated heterocycles. The summed E-state index contributed by atoms with van der Waals surface area (Å²) >= 11 is 0. The maximum absolute atomic E-state index is 13.0. The largest absolute Gasteiger partial charge is 0.399 e. The number of halogens is 1. The normalized spacial score (nSPS) is 10.1. The summed E-state index contributed by atoms with van der Waals surface area (Å²) in [7, 11) is 0. The van der Waals surface area contributed by atoms with Crippen molar-refractivity contribution in [2.45, 2.75) is 6.54 Å². The third kappa shape index (κ3) is 2.88. The van der Waals surface area contributed by atoms with Crippen molar-refractivity contribution in [3.05, 3.63) is 66.0 Å². The van der Waals surface area contributed by atoms with Gasteiger partial charge in [-0.3, -0.25) is 0 Å². The van der Waals surface area contributed by atoms with Crippen LogP contribution in [0.25, 0.3) is 6.08 Å². The van der Waals surface area contributed by atoms with Gasteiger partial charge in [0.15, 0.2) is 0 Å². The van der Waals surface area contributed by atoms with Gasteiger partial charge in [-0.25, -0.2) is 4.39 Å². The van der Waals surface area contributed by atoms with Crippen LogP contribution in [0.1, 0.15) is 11.1 Å². The Balaban J connectivity index is 2.13. The number of anilines is 2. The molecule has 2 aromatic carbocycles. The van der Waals surface area contributed by atoms with E-state index < -0.39 is 0 Å². The van der Waals surface area contributed by atoms with E-state index in [-0.39, 0.29) is 5.82 Å². The van der Waals surface area contributed by atoms with Crippen molar-refractivity contribution in [1.82, 2.24) is 0 Å². The molecule has 0 aliphatic rings. The summed E-state index contributed by atoms with van der Waals surface area (Å²) in [5.41, 5.74) is 9.16. The molecule has 0 aliphatic carbocycles. The number of nitrogens with two attached hydrogens (primary N) is 1. The molecule has 2 nitrogen and oxygen atoms in total. The van der Waals surface area contributed by atoms with Crippen molar-refractivity contribution < 1.29 is 4.39 Å². The van der Waals surface area contributed by atoms with Crippen LogP contribution in [0, 0.1) is 5.82 Å². The first-order chi connectivity index (χ1) is 8.69. The highest BCUT2D eigenvalue weighted by Gasteiger charge is 2.00. The molecular formula is C15H15FN2. The molecule has 0 spiro atoms. The first-order valence-electron chi connectivity index (χ1n) is 5.69. The van der Waals surface area contributed by atoms with E-state index in [2.05, 4.69) is 11.9 Å². The quantitative estimate of drug-likeness (QED) is 0.803. The highest BCUT2D eigenvalue weighted by Crippen LogP contribution is 2.20. The highest BCUT2D eigenvalue weighted by atomic mass is 19.1. The van der Waals surface area contributed by atoms with Crippen molar-refractivity contribution >= 4 is 17.5 Å². The Hall–Kier alpha value is -2.29. The lowest BCUT2D eigenvalue weighted by Crippen LogP contribution is -2.01. The summed E-state index contributed by atoms with van der Waals surface area (Å²) in [4.78, 5) is 0. The zero-order valence-electron chi connectivity index (χ0n) is 9.99. The van der Waals surface area contributed by atoms with Crippen LogP contribution in [0.15, 0.2) is 49.0 Å². The fourth-order valence-corrected chi connectivity index (χ4v) is 1.76. The predicted octanol–water partition coefficient (Wildman–Crippen LogP) is 3.66. The Morgan fingerprint density at radius 3 is 2.78 bits per heavy atom. The summed E-state index contributed by atoms with van der Waals surface area (Å²) in [6, 6.07) is 12.1. The second kappa shape index (κ2) is 5.36. The monoisotopic (exact) mass is 242 g/mol. The van der Waals surface area contributed by atoms with Gasteiger partial charge in [0.05, 0.1) is 0 Å². The van der Waals surface area contributed by atoms with Gasteiger partial charge in [0.25, 0.3) is 0 Å². The molecule has 2 rings (SSSR count). The topological polar surface area (TPSA) is 38.0 Å². The van der Waals surface area contributed by atoms with Gasteiger partial charge in [0.1, 0.15) is 5.82 Å². The lowest BCUT2D eigenvalue weighted by molar-refractivity contribution is 0.626. The minimum Gasteiger partial charge on any atom is -0.399 e. The van der Waals surface area contributed by atoms with Crippen LogP contribution in [0.5, 0.6) is 0 Å². The zero-order valence-corrected chi connectivity index (χ0v) is 9.99. The van der Waals surface area contributed by atoms with Gasteiger partial charge in [0, 0.05) is 17.9 Å². The number of nitrogens with one attached hydrogen (secondary N) is 1. The smallest absolute Gasteiger partial charge is 0.123 e. The lowest BCUT2D eigenvalue weighted by Gasteiger charge is -2.10. The maximum atomic E-state index is 13.0. The summed E-state index contributed by atoms with van der Waals surface area (Å²) < 4.78 is 13.0. The maximum Gasteiger partial charge on any atom is 0.123 e. The molecule has 92 valence electrons. The second-order valence-electron chi connectivity index (χ2n) is 4.03. The van der Waals surface area contributed by atoms with E-state index in [4.69, 9.17) is 5.73 Å². The van der Waals surface area contributed by atoms with E-state index in [1.54, 1.807) is 12.1 Å². The minimum absolute atomic E-state index is 0.226. The van der Waals surface area contributed by atoms with E-state index in [0.29, 0.717) is 12.2 Å². The van der Waals surface area contributed by atoms with Crippen LogP contribution in [0.4, 0.5) is 15.8 Å². The fourth-order valence-electron chi connectivity index (χ4n) is 1.76. The third-order valence-electron chi connectivity index (χ3n) is 2.67. The van der Waals surface area contributed by atoms with Gasteiger partial charge in [-0.1, -0.05) is 24.8 Å². The van der Waals surface area contributed by atoms with E-state index in [0.717, 1.165) is 16.8 Å².